The molecular weight excluding hydrogens is 164 g/mol. The number of aliphatic hydroxyl groups is 1. The number of ether oxygens (including phenoxy) is 1. The van der Waals surface area contributed by atoms with Gasteiger partial charge in [0.2, 0.25) is 0 Å². The van der Waals surface area contributed by atoms with Crippen molar-refractivity contribution in [1.82, 2.24) is 0 Å². The predicted molar refractivity (Wildman–Crippen MR) is 51.5 cm³/mol. The Hall–Kier alpha value is -0.0800. The highest BCUT2D eigenvalue weighted by Gasteiger charge is 2.36. The van der Waals surface area contributed by atoms with Crippen LogP contribution in [0.2, 0.25) is 0 Å². The maximum Gasteiger partial charge on any atom is 0.0862 e. The van der Waals surface area contributed by atoms with E-state index in [1.54, 1.807) is 0 Å². The van der Waals surface area contributed by atoms with E-state index in [2.05, 4.69) is 6.92 Å². The molecule has 2 nitrogen and oxygen atoms in total. The van der Waals surface area contributed by atoms with Crippen molar-refractivity contribution in [1.29, 1.82) is 0 Å². The molecule has 0 spiro atoms. The lowest BCUT2D eigenvalue weighted by molar-refractivity contribution is -0.0441. The number of aliphatic hydroxyl groups excluding tert-OH is 1. The van der Waals surface area contributed by atoms with E-state index < -0.39 is 0 Å². The van der Waals surface area contributed by atoms with Gasteiger partial charge in [-0.3, -0.25) is 0 Å². The Labute approximate surface area is 80.3 Å². The minimum Gasteiger partial charge on any atom is -0.390 e. The van der Waals surface area contributed by atoms with E-state index in [4.69, 9.17) is 4.74 Å². The molecule has 13 heavy (non-hydrogen) atoms. The van der Waals surface area contributed by atoms with E-state index >= 15 is 0 Å². The monoisotopic (exact) mass is 184 g/mol. The van der Waals surface area contributed by atoms with Gasteiger partial charge in [0.25, 0.3) is 0 Å². The standard InChI is InChI=1S/C11H20O2/c1-8-6-7-13-11(8)10(12)9-4-2-3-5-9/h8-12H,2-7H2,1H3. The van der Waals surface area contributed by atoms with E-state index in [1.165, 1.54) is 25.7 Å². The van der Waals surface area contributed by atoms with Gasteiger partial charge in [0.1, 0.15) is 0 Å². The third-order valence-corrected chi connectivity index (χ3v) is 3.66. The molecule has 1 saturated heterocycles. The molecule has 0 radical (unpaired) electrons. The van der Waals surface area contributed by atoms with Gasteiger partial charge in [0.05, 0.1) is 12.2 Å². The van der Waals surface area contributed by atoms with Crippen LogP contribution >= 0.6 is 0 Å². The summed E-state index contributed by atoms with van der Waals surface area (Å²) >= 11 is 0. The zero-order chi connectivity index (χ0) is 9.26. The fraction of sp³-hybridized carbons (Fsp3) is 1.00. The van der Waals surface area contributed by atoms with E-state index in [1.807, 2.05) is 0 Å². The van der Waals surface area contributed by atoms with E-state index in [9.17, 15) is 5.11 Å². The van der Waals surface area contributed by atoms with Gasteiger partial charge in [0.15, 0.2) is 0 Å². The summed E-state index contributed by atoms with van der Waals surface area (Å²) in [7, 11) is 0. The zero-order valence-electron chi connectivity index (χ0n) is 8.41. The molecule has 1 aliphatic carbocycles. The van der Waals surface area contributed by atoms with E-state index in [-0.39, 0.29) is 12.2 Å². The average Bonchev–Trinajstić information content (AvgIpc) is 2.72. The second-order valence-electron chi connectivity index (χ2n) is 4.64. The fourth-order valence-electron chi connectivity index (χ4n) is 2.72. The van der Waals surface area contributed by atoms with Crippen molar-refractivity contribution in [2.24, 2.45) is 11.8 Å². The van der Waals surface area contributed by atoms with Crippen molar-refractivity contribution in [3.05, 3.63) is 0 Å². The lowest BCUT2D eigenvalue weighted by atomic mass is 9.90. The topological polar surface area (TPSA) is 29.5 Å². The summed E-state index contributed by atoms with van der Waals surface area (Å²) in [5.74, 6) is 1.07. The van der Waals surface area contributed by atoms with Crippen LogP contribution in [0.1, 0.15) is 39.0 Å². The van der Waals surface area contributed by atoms with Gasteiger partial charge in [-0.25, -0.2) is 0 Å². The van der Waals surface area contributed by atoms with Crippen molar-refractivity contribution >= 4 is 0 Å². The molecule has 0 aromatic carbocycles. The highest BCUT2D eigenvalue weighted by Crippen LogP contribution is 2.34. The highest BCUT2D eigenvalue weighted by atomic mass is 16.5. The van der Waals surface area contributed by atoms with Crippen LogP contribution in [-0.4, -0.2) is 23.9 Å². The summed E-state index contributed by atoms with van der Waals surface area (Å²) in [6, 6.07) is 0. The second kappa shape index (κ2) is 3.97. The first-order valence-electron chi connectivity index (χ1n) is 5.58. The summed E-state index contributed by atoms with van der Waals surface area (Å²) in [4.78, 5) is 0. The Balaban J connectivity index is 1.91. The SMILES string of the molecule is CC1CCOC1C(O)C1CCCC1. The predicted octanol–water partition coefficient (Wildman–Crippen LogP) is 1.96. The van der Waals surface area contributed by atoms with Crippen molar-refractivity contribution < 1.29 is 9.84 Å². The van der Waals surface area contributed by atoms with Crippen LogP contribution < -0.4 is 0 Å². The molecule has 0 bridgehead atoms. The highest BCUT2D eigenvalue weighted by molar-refractivity contribution is 4.86. The normalized spacial score (nSPS) is 38.3. The first kappa shape index (κ1) is 9.47. The fourth-order valence-corrected chi connectivity index (χ4v) is 2.72. The molecular formula is C11H20O2. The summed E-state index contributed by atoms with van der Waals surface area (Å²) in [6.07, 6.45) is 6.05. The van der Waals surface area contributed by atoms with Gasteiger partial charge in [-0.1, -0.05) is 19.8 Å². The molecule has 2 fully saturated rings. The van der Waals surface area contributed by atoms with Crippen LogP contribution in [0, 0.1) is 11.8 Å². The minimum atomic E-state index is -0.194. The van der Waals surface area contributed by atoms with E-state index in [0.717, 1.165) is 13.0 Å². The molecule has 3 atom stereocenters. The van der Waals surface area contributed by atoms with Gasteiger partial charge in [-0.15, -0.1) is 0 Å². The summed E-state index contributed by atoms with van der Waals surface area (Å²) in [5, 5.41) is 10.1. The summed E-state index contributed by atoms with van der Waals surface area (Å²) in [6.45, 7) is 3.03. The molecule has 1 saturated carbocycles. The smallest absolute Gasteiger partial charge is 0.0862 e. The Morgan fingerprint density at radius 3 is 2.46 bits per heavy atom. The van der Waals surface area contributed by atoms with Crippen LogP contribution in [0.4, 0.5) is 0 Å². The third-order valence-electron chi connectivity index (χ3n) is 3.66. The molecule has 1 aliphatic heterocycles. The molecule has 76 valence electrons. The molecule has 0 aromatic rings. The number of hydrogen-bond donors (Lipinski definition) is 1. The van der Waals surface area contributed by atoms with Crippen molar-refractivity contribution in [2.45, 2.75) is 51.2 Å². The molecule has 2 rings (SSSR count). The Morgan fingerprint density at radius 2 is 1.92 bits per heavy atom. The summed E-state index contributed by atoms with van der Waals surface area (Å²) in [5.41, 5.74) is 0. The quantitative estimate of drug-likeness (QED) is 0.711. The number of rotatable bonds is 2. The van der Waals surface area contributed by atoms with Gasteiger partial charge in [-0.2, -0.15) is 0 Å². The maximum atomic E-state index is 10.1. The summed E-state index contributed by atoms with van der Waals surface area (Å²) < 4.78 is 5.59. The maximum absolute atomic E-state index is 10.1. The molecule has 2 heteroatoms. The largest absolute Gasteiger partial charge is 0.390 e. The van der Waals surface area contributed by atoms with Crippen LogP contribution in [0.25, 0.3) is 0 Å². The van der Waals surface area contributed by atoms with Crippen molar-refractivity contribution in [3.8, 4) is 0 Å². The molecule has 3 unspecified atom stereocenters. The first-order valence-corrected chi connectivity index (χ1v) is 5.58. The lowest BCUT2D eigenvalue weighted by Gasteiger charge is -2.26. The number of hydrogen-bond acceptors (Lipinski definition) is 2. The van der Waals surface area contributed by atoms with Crippen LogP contribution in [-0.2, 0) is 4.74 Å². The Bertz CT molecular complexity index is 163. The van der Waals surface area contributed by atoms with Gasteiger partial charge >= 0.3 is 0 Å². The van der Waals surface area contributed by atoms with Gasteiger partial charge < -0.3 is 9.84 Å². The molecule has 0 amide bonds. The first-order chi connectivity index (χ1) is 6.29. The molecule has 0 aromatic heterocycles. The molecule has 2 aliphatic rings. The Morgan fingerprint density at radius 1 is 1.23 bits per heavy atom. The van der Waals surface area contributed by atoms with Crippen LogP contribution in [0.5, 0.6) is 0 Å². The van der Waals surface area contributed by atoms with Gasteiger partial charge in [0, 0.05) is 6.61 Å². The average molecular weight is 184 g/mol. The Kier molecular flexibility index (Phi) is 2.89. The van der Waals surface area contributed by atoms with Crippen molar-refractivity contribution in [2.75, 3.05) is 6.61 Å². The van der Waals surface area contributed by atoms with E-state index in [0.29, 0.717) is 11.8 Å². The second-order valence-corrected chi connectivity index (χ2v) is 4.64. The zero-order valence-corrected chi connectivity index (χ0v) is 8.41. The lowest BCUT2D eigenvalue weighted by Crippen LogP contribution is -2.35. The third kappa shape index (κ3) is 1.89. The molecule has 1 N–H and O–H groups in total. The van der Waals surface area contributed by atoms with Gasteiger partial charge in [-0.05, 0) is 31.1 Å². The minimum absolute atomic E-state index is 0.128. The van der Waals surface area contributed by atoms with Crippen molar-refractivity contribution in [3.63, 3.8) is 0 Å². The van der Waals surface area contributed by atoms with Crippen LogP contribution in [0.3, 0.4) is 0 Å². The van der Waals surface area contributed by atoms with Crippen LogP contribution in [0.15, 0.2) is 0 Å². The molecule has 1 heterocycles.